The van der Waals surface area contributed by atoms with Gasteiger partial charge in [0.1, 0.15) is 5.75 Å². The van der Waals surface area contributed by atoms with Gasteiger partial charge in [0.15, 0.2) is 6.61 Å². The molecule has 0 saturated heterocycles. The van der Waals surface area contributed by atoms with E-state index < -0.39 is 0 Å². The molecule has 3 nitrogen and oxygen atoms in total. The number of hydrogen-bond donors (Lipinski definition) is 1. The number of rotatable bonds is 5. The van der Waals surface area contributed by atoms with E-state index in [9.17, 15) is 4.79 Å². The molecule has 0 heterocycles. The average Bonchev–Trinajstić information content (AvgIpc) is 2.53. The molecule has 0 aliphatic rings. The van der Waals surface area contributed by atoms with Gasteiger partial charge in [-0.15, -0.1) is 0 Å². The van der Waals surface area contributed by atoms with Crippen molar-refractivity contribution in [3.8, 4) is 5.75 Å². The highest BCUT2D eigenvalue weighted by atomic mass is 79.9. The summed E-state index contributed by atoms with van der Waals surface area (Å²) in [4.78, 5) is 12.2. The molecule has 128 valence electrons. The number of carbonyl (C=O) groups excluding carboxylic acids is 1. The smallest absolute Gasteiger partial charge is 0.258 e. The van der Waals surface area contributed by atoms with Crippen LogP contribution in [0.4, 0.5) is 0 Å². The van der Waals surface area contributed by atoms with Crippen LogP contribution in [0.15, 0.2) is 53.0 Å². The lowest BCUT2D eigenvalue weighted by molar-refractivity contribution is -0.123. The molecule has 0 aromatic heterocycles. The lowest BCUT2D eigenvalue weighted by atomic mass is 9.86. The van der Waals surface area contributed by atoms with Gasteiger partial charge < -0.3 is 10.1 Å². The van der Waals surface area contributed by atoms with E-state index in [4.69, 9.17) is 4.74 Å². The summed E-state index contributed by atoms with van der Waals surface area (Å²) >= 11 is 3.49. The predicted molar refractivity (Wildman–Crippen MR) is 101 cm³/mol. The van der Waals surface area contributed by atoms with Crippen molar-refractivity contribution in [3.05, 3.63) is 64.1 Å². The molecule has 0 aliphatic carbocycles. The predicted octanol–water partition coefficient (Wildman–Crippen LogP) is 5.00. The van der Waals surface area contributed by atoms with E-state index in [0.717, 1.165) is 21.3 Å². The van der Waals surface area contributed by atoms with E-state index >= 15 is 0 Å². The Kier molecular flexibility index (Phi) is 6.05. The number of halogens is 1. The summed E-state index contributed by atoms with van der Waals surface area (Å²) in [6, 6.07) is 15.7. The van der Waals surface area contributed by atoms with Crippen LogP contribution >= 0.6 is 15.9 Å². The van der Waals surface area contributed by atoms with Gasteiger partial charge in [-0.25, -0.2) is 0 Å². The Morgan fingerprint density at radius 3 is 2.46 bits per heavy atom. The van der Waals surface area contributed by atoms with Gasteiger partial charge in [-0.1, -0.05) is 67.0 Å². The fourth-order valence-electron chi connectivity index (χ4n) is 2.47. The Morgan fingerprint density at radius 1 is 1.17 bits per heavy atom. The highest BCUT2D eigenvalue weighted by molar-refractivity contribution is 9.10. The van der Waals surface area contributed by atoms with Crippen molar-refractivity contribution in [2.24, 2.45) is 0 Å². The number of ether oxygens (including phenoxy) is 1. The highest BCUT2D eigenvalue weighted by Gasteiger charge is 2.20. The van der Waals surface area contributed by atoms with Crippen LogP contribution in [-0.4, -0.2) is 12.5 Å². The first-order valence-electron chi connectivity index (χ1n) is 8.04. The van der Waals surface area contributed by atoms with Gasteiger partial charge in [-0.2, -0.15) is 0 Å². The molecule has 0 bridgehead atoms. The third kappa shape index (κ3) is 5.10. The van der Waals surface area contributed by atoms with Crippen molar-refractivity contribution in [3.63, 3.8) is 0 Å². The Morgan fingerprint density at radius 2 is 1.83 bits per heavy atom. The number of amides is 1. The Bertz CT molecular complexity index is 693. The molecule has 0 spiro atoms. The van der Waals surface area contributed by atoms with Gasteiger partial charge in [-0.3, -0.25) is 4.79 Å². The fraction of sp³-hybridized carbons (Fsp3) is 0.350. The van der Waals surface area contributed by atoms with E-state index in [1.165, 1.54) is 0 Å². The summed E-state index contributed by atoms with van der Waals surface area (Å²) in [6.07, 6.45) is 0. The monoisotopic (exact) mass is 389 g/mol. The quantitative estimate of drug-likeness (QED) is 0.780. The van der Waals surface area contributed by atoms with Crippen molar-refractivity contribution >= 4 is 21.8 Å². The fourth-order valence-corrected chi connectivity index (χ4v) is 2.83. The zero-order chi connectivity index (χ0) is 17.7. The number of carbonyl (C=O) groups is 1. The maximum absolute atomic E-state index is 12.2. The minimum Gasteiger partial charge on any atom is -0.483 e. The number of benzene rings is 2. The van der Waals surface area contributed by atoms with Gasteiger partial charge in [-0.05, 0) is 36.1 Å². The summed E-state index contributed by atoms with van der Waals surface area (Å²) in [6.45, 7) is 8.34. The highest BCUT2D eigenvalue weighted by Crippen LogP contribution is 2.33. The average molecular weight is 390 g/mol. The normalized spacial score (nSPS) is 12.5. The van der Waals surface area contributed by atoms with E-state index in [0.29, 0.717) is 0 Å². The van der Waals surface area contributed by atoms with Gasteiger partial charge in [0.2, 0.25) is 0 Å². The SMILES string of the molecule is CC(NC(=O)COc1ccc(Br)cc1C(C)(C)C)c1ccccc1. The first kappa shape index (κ1) is 18.5. The van der Waals surface area contributed by atoms with Gasteiger partial charge in [0, 0.05) is 10.0 Å². The van der Waals surface area contributed by atoms with Crippen LogP contribution in [0.5, 0.6) is 5.75 Å². The van der Waals surface area contributed by atoms with Crippen LogP contribution in [0.1, 0.15) is 44.9 Å². The second-order valence-corrected chi connectivity index (χ2v) is 7.79. The lowest BCUT2D eigenvalue weighted by Crippen LogP contribution is -2.31. The molecule has 1 unspecified atom stereocenters. The third-order valence-electron chi connectivity index (χ3n) is 3.79. The molecule has 24 heavy (non-hydrogen) atoms. The van der Waals surface area contributed by atoms with Crippen LogP contribution in [0.2, 0.25) is 0 Å². The molecule has 1 N–H and O–H groups in total. The minimum atomic E-state index is -0.130. The second-order valence-electron chi connectivity index (χ2n) is 6.88. The molecule has 1 atom stereocenters. The lowest BCUT2D eigenvalue weighted by Gasteiger charge is -2.23. The first-order chi connectivity index (χ1) is 11.3. The molecule has 2 aromatic rings. The van der Waals surface area contributed by atoms with E-state index in [1.54, 1.807) is 0 Å². The van der Waals surface area contributed by atoms with Crippen LogP contribution < -0.4 is 10.1 Å². The third-order valence-corrected chi connectivity index (χ3v) is 4.28. The van der Waals surface area contributed by atoms with Crippen LogP contribution in [0, 0.1) is 0 Å². The first-order valence-corrected chi connectivity index (χ1v) is 8.84. The summed E-state index contributed by atoms with van der Waals surface area (Å²) in [7, 11) is 0. The Balaban J connectivity index is 2.00. The maximum atomic E-state index is 12.2. The summed E-state index contributed by atoms with van der Waals surface area (Å²) < 4.78 is 6.79. The van der Waals surface area contributed by atoms with Crippen molar-refractivity contribution in [1.82, 2.24) is 5.32 Å². The standard InChI is InChI=1S/C20H24BrNO2/c1-14(15-8-6-5-7-9-15)22-19(23)13-24-18-11-10-16(21)12-17(18)20(2,3)4/h5-12,14H,13H2,1-4H3,(H,22,23). The minimum absolute atomic E-state index is 0.00187. The molecule has 2 aromatic carbocycles. The van der Waals surface area contributed by atoms with Gasteiger partial charge in [0.05, 0.1) is 6.04 Å². The number of hydrogen-bond acceptors (Lipinski definition) is 2. The van der Waals surface area contributed by atoms with Crippen LogP contribution in [0.25, 0.3) is 0 Å². The van der Waals surface area contributed by atoms with E-state index in [-0.39, 0.29) is 24.0 Å². The second kappa shape index (κ2) is 7.84. The summed E-state index contributed by atoms with van der Waals surface area (Å²) in [5, 5.41) is 2.96. The van der Waals surface area contributed by atoms with Gasteiger partial charge >= 0.3 is 0 Å². The van der Waals surface area contributed by atoms with E-state index in [2.05, 4.69) is 42.0 Å². The zero-order valence-corrected chi connectivity index (χ0v) is 16.2. The summed E-state index contributed by atoms with van der Waals surface area (Å²) in [5.74, 6) is 0.613. The molecule has 0 aliphatic heterocycles. The largest absolute Gasteiger partial charge is 0.483 e. The molecular weight excluding hydrogens is 366 g/mol. The maximum Gasteiger partial charge on any atom is 0.258 e. The van der Waals surface area contributed by atoms with E-state index in [1.807, 2.05) is 55.5 Å². The molecule has 0 radical (unpaired) electrons. The Hall–Kier alpha value is -1.81. The molecule has 1 amide bonds. The van der Waals surface area contributed by atoms with Crippen molar-refractivity contribution in [2.45, 2.75) is 39.2 Å². The zero-order valence-electron chi connectivity index (χ0n) is 14.6. The molecule has 0 fully saturated rings. The molecular formula is C20H24BrNO2. The molecule has 2 rings (SSSR count). The van der Waals surface area contributed by atoms with Crippen LogP contribution in [-0.2, 0) is 10.2 Å². The van der Waals surface area contributed by atoms with Crippen LogP contribution in [0.3, 0.4) is 0 Å². The molecule has 4 heteroatoms. The molecule has 0 saturated carbocycles. The van der Waals surface area contributed by atoms with Crippen molar-refractivity contribution < 1.29 is 9.53 Å². The topological polar surface area (TPSA) is 38.3 Å². The summed E-state index contributed by atoms with van der Waals surface area (Å²) in [5.41, 5.74) is 2.08. The number of nitrogens with one attached hydrogen (secondary N) is 1. The van der Waals surface area contributed by atoms with Crippen molar-refractivity contribution in [1.29, 1.82) is 0 Å². The van der Waals surface area contributed by atoms with Gasteiger partial charge in [0.25, 0.3) is 5.91 Å². The van der Waals surface area contributed by atoms with Crippen molar-refractivity contribution in [2.75, 3.05) is 6.61 Å². The Labute approximate surface area is 152 Å².